The van der Waals surface area contributed by atoms with Crippen LogP contribution in [0.5, 0.6) is 0 Å². The van der Waals surface area contributed by atoms with Crippen LogP contribution in [0.3, 0.4) is 0 Å². The van der Waals surface area contributed by atoms with E-state index in [-0.39, 0.29) is 19.3 Å². The Bertz CT molecular complexity index is 974. The third-order valence-electron chi connectivity index (χ3n) is 5.26. The van der Waals surface area contributed by atoms with Gasteiger partial charge in [-0.2, -0.15) is 0 Å². The molecule has 158 valence electrons. The number of aliphatic hydroxyl groups is 2. The van der Waals surface area contributed by atoms with Crippen molar-refractivity contribution in [3.05, 3.63) is 77.5 Å². The molecule has 1 aromatic heterocycles. The van der Waals surface area contributed by atoms with Gasteiger partial charge in [0.1, 0.15) is 0 Å². The molecule has 6 heteroatoms. The van der Waals surface area contributed by atoms with Gasteiger partial charge in [0, 0.05) is 36.3 Å². The summed E-state index contributed by atoms with van der Waals surface area (Å²) in [7, 11) is 1.35. The first-order valence-corrected chi connectivity index (χ1v) is 10.00. The van der Waals surface area contributed by atoms with Crippen LogP contribution >= 0.6 is 0 Å². The molecule has 3 rings (SSSR count). The predicted octanol–water partition coefficient (Wildman–Crippen LogP) is 2.75. The van der Waals surface area contributed by atoms with Crippen molar-refractivity contribution in [3.8, 4) is 0 Å². The third kappa shape index (κ3) is 5.57. The standard InChI is InChI=1S/C24H28N2O4/c1-30-24(29)11-10-18-6-8-19(9-7-18)15-26(21(16-27)17-28)13-12-20-14-25-23-5-3-2-4-22(20)23/h2-11,14,21,25,27-28H,12-13,15-17H2,1H3. The van der Waals surface area contributed by atoms with Gasteiger partial charge in [-0.15, -0.1) is 0 Å². The third-order valence-corrected chi connectivity index (χ3v) is 5.26. The summed E-state index contributed by atoms with van der Waals surface area (Å²) in [5.41, 5.74) is 4.29. The molecule has 0 fully saturated rings. The van der Waals surface area contributed by atoms with Gasteiger partial charge in [-0.25, -0.2) is 4.79 Å². The molecule has 3 N–H and O–H groups in total. The van der Waals surface area contributed by atoms with Crippen LogP contribution in [0.15, 0.2) is 60.8 Å². The topological polar surface area (TPSA) is 85.8 Å². The fraction of sp³-hybridized carbons (Fsp3) is 0.292. The molecular formula is C24H28N2O4. The molecule has 0 aliphatic rings. The molecule has 0 unspecified atom stereocenters. The Balaban J connectivity index is 1.69. The van der Waals surface area contributed by atoms with Crippen LogP contribution in [-0.4, -0.2) is 59.0 Å². The number of carbonyl (C=O) groups is 1. The second kappa shape index (κ2) is 10.7. The first kappa shape index (κ1) is 21.8. The lowest BCUT2D eigenvalue weighted by molar-refractivity contribution is -0.134. The number of benzene rings is 2. The van der Waals surface area contributed by atoms with Gasteiger partial charge in [-0.3, -0.25) is 4.90 Å². The minimum atomic E-state index is -0.392. The molecule has 0 aliphatic heterocycles. The van der Waals surface area contributed by atoms with E-state index in [1.807, 2.05) is 42.6 Å². The van der Waals surface area contributed by atoms with E-state index < -0.39 is 5.97 Å². The number of carbonyl (C=O) groups excluding carboxylic acids is 1. The van der Waals surface area contributed by atoms with Gasteiger partial charge in [0.2, 0.25) is 0 Å². The molecule has 0 amide bonds. The number of methoxy groups -OCH3 is 1. The number of hydrogen-bond acceptors (Lipinski definition) is 5. The van der Waals surface area contributed by atoms with Gasteiger partial charge in [-0.05, 0) is 35.3 Å². The molecular weight excluding hydrogens is 380 g/mol. The molecule has 0 bridgehead atoms. The van der Waals surface area contributed by atoms with Crippen LogP contribution in [0.1, 0.15) is 16.7 Å². The summed E-state index contributed by atoms with van der Waals surface area (Å²) in [5, 5.41) is 20.7. The van der Waals surface area contributed by atoms with E-state index in [2.05, 4.69) is 26.8 Å². The summed E-state index contributed by atoms with van der Waals surface area (Å²) in [6, 6.07) is 15.7. The number of aliphatic hydroxyl groups excluding tert-OH is 2. The Kier molecular flexibility index (Phi) is 7.79. The SMILES string of the molecule is COC(=O)C=Cc1ccc(CN(CCc2c[nH]c3ccccc23)C(CO)CO)cc1. The van der Waals surface area contributed by atoms with E-state index >= 15 is 0 Å². The molecule has 0 atom stereocenters. The van der Waals surface area contributed by atoms with Crippen molar-refractivity contribution in [1.82, 2.24) is 9.88 Å². The van der Waals surface area contributed by atoms with E-state index in [0.717, 1.165) is 23.1 Å². The van der Waals surface area contributed by atoms with Crippen molar-refractivity contribution in [2.45, 2.75) is 19.0 Å². The number of H-pyrrole nitrogens is 1. The molecule has 0 spiro atoms. The fourth-order valence-electron chi connectivity index (χ4n) is 3.48. The normalized spacial score (nSPS) is 11.8. The fourth-order valence-corrected chi connectivity index (χ4v) is 3.48. The Morgan fingerprint density at radius 3 is 2.57 bits per heavy atom. The molecule has 6 nitrogen and oxygen atoms in total. The van der Waals surface area contributed by atoms with Crippen molar-refractivity contribution >= 4 is 22.9 Å². The van der Waals surface area contributed by atoms with E-state index in [1.165, 1.54) is 24.1 Å². The molecule has 1 heterocycles. The second-order valence-electron chi connectivity index (χ2n) is 7.20. The van der Waals surface area contributed by atoms with Crippen LogP contribution in [0.4, 0.5) is 0 Å². The summed E-state index contributed by atoms with van der Waals surface area (Å²) in [4.78, 5) is 16.6. The highest BCUT2D eigenvalue weighted by Gasteiger charge is 2.18. The summed E-state index contributed by atoms with van der Waals surface area (Å²) >= 11 is 0. The average Bonchev–Trinajstić information content (AvgIpc) is 3.20. The van der Waals surface area contributed by atoms with Gasteiger partial charge >= 0.3 is 5.97 Å². The first-order chi connectivity index (χ1) is 14.6. The lowest BCUT2D eigenvalue weighted by Gasteiger charge is -2.29. The summed E-state index contributed by atoms with van der Waals surface area (Å²) < 4.78 is 4.60. The van der Waals surface area contributed by atoms with Crippen LogP contribution in [0.25, 0.3) is 17.0 Å². The zero-order valence-corrected chi connectivity index (χ0v) is 17.1. The smallest absolute Gasteiger partial charge is 0.330 e. The van der Waals surface area contributed by atoms with E-state index in [9.17, 15) is 15.0 Å². The summed E-state index contributed by atoms with van der Waals surface area (Å²) in [6.45, 7) is 1.10. The number of hydrogen-bond donors (Lipinski definition) is 3. The minimum absolute atomic E-state index is 0.107. The molecule has 0 saturated heterocycles. The van der Waals surface area contributed by atoms with Gasteiger partial charge in [-0.1, -0.05) is 42.5 Å². The lowest BCUT2D eigenvalue weighted by atomic mass is 10.1. The Hall–Kier alpha value is -2.93. The van der Waals surface area contributed by atoms with Crippen molar-refractivity contribution in [1.29, 1.82) is 0 Å². The number of fused-ring (bicyclic) bond motifs is 1. The molecule has 0 radical (unpaired) electrons. The zero-order valence-electron chi connectivity index (χ0n) is 17.1. The van der Waals surface area contributed by atoms with Crippen molar-refractivity contribution in [2.75, 3.05) is 26.9 Å². The van der Waals surface area contributed by atoms with Crippen LogP contribution < -0.4 is 0 Å². The van der Waals surface area contributed by atoms with Gasteiger partial charge in [0.25, 0.3) is 0 Å². The quantitative estimate of drug-likeness (QED) is 0.355. The lowest BCUT2D eigenvalue weighted by Crippen LogP contribution is -2.41. The number of para-hydroxylation sites is 1. The summed E-state index contributed by atoms with van der Waals surface area (Å²) in [5.74, 6) is -0.392. The minimum Gasteiger partial charge on any atom is -0.466 e. The number of nitrogens with zero attached hydrogens (tertiary/aromatic N) is 1. The van der Waals surface area contributed by atoms with Crippen LogP contribution in [-0.2, 0) is 22.5 Å². The summed E-state index contributed by atoms with van der Waals surface area (Å²) in [6.07, 6.45) is 5.92. The number of aromatic amines is 1. The maximum absolute atomic E-state index is 11.2. The van der Waals surface area contributed by atoms with Crippen LogP contribution in [0, 0.1) is 0 Å². The highest BCUT2D eigenvalue weighted by atomic mass is 16.5. The van der Waals surface area contributed by atoms with Gasteiger partial charge < -0.3 is 19.9 Å². The number of esters is 1. The van der Waals surface area contributed by atoms with E-state index in [4.69, 9.17) is 0 Å². The molecule has 0 saturated carbocycles. The molecule has 2 aromatic carbocycles. The van der Waals surface area contributed by atoms with Crippen molar-refractivity contribution < 1.29 is 19.7 Å². The van der Waals surface area contributed by atoms with Crippen molar-refractivity contribution in [3.63, 3.8) is 0 Å². The number of rotatable bonds is 10. The number of aromatic nitrogens is 1. The number of nitrogens with one attached hydrogen (secondary N) is 1. The van der Waals surface area contributed by atoms with Crippen LogP contribution in [0.2, 0.25) is 0 Å². The maximum Gasteiger partial charge on any atom is 0.330 e. The Labute approximate surface area is 176 Å². The first-order valence-electron chi connectivity index (χ1n) is 10.00. The highest BCUT2D eigenvalue weighted by Crippen LogP contribution is 2.19. The van der Waals surface area contributed by atoms with Gasteiger partial charge in [0.15, 0.2) is 0 Å². The average molecular weight is 408 g/mol. The Morgan fingerprint density at radius 2 is 1.87 bits per heavy atom. The highest BCUT2D eigenvalue weighted by molar-refractivity contribution is 5.86. The molecule has 0 aliphatic carbocycles. The zero-order chi connectivity index (χ0) is 21.3. The maximum atomic E-state index is 11.2. The monoisotopic (exact) mass is 408 g/mol. The molecule has 30 heavy (non-hydrogen) atoms. The second-order valence-corrected chi connectivity index (χ2v) is 7.20. The van der Waals surface area contributed by atoms with Gasteiger partial charge in [0.05, 0.1) is 26.4 Å². The number of ether oxygens (including phenoxy) is 1. The van der Waals surface area contributed by atoms with E-state index in [0.29, 0.717) is 13.1 Å². The largest absolute Gasteiger partial charge is 0.466 e. The van der Waals surface area contributed by atoms with Crippen molar-refractivity contribution in [2.24, 2.45) is 0 Å². The van der Waals surface area contributed by atoms with E-state index in [1.54, 1.807) is 6.08 Å². The predicted molar refractivity (Wildman–Crippen MR) is 118 cm³/mol. The molecule has 3 aromatic rings. The Morgan fingerprint density at radius 1 is 1.13 bits per heavy atom.